The second-order valence-corrected chi connectivity index (χ2v) is 3.24. The highest BCUT2D eigenvalue weighted by Crippen LogP contribution is 1.89. The Bertz CT molecular complexity index is 299. The first kappa shape index (κ1) is 14.2. The number of ketones is 1. The lowest BCUT2D eigenvalue weighted by Crippen LogP contribution is -2.38. The van der Waals surface area contributed by atoms with E-state index in [4.69, 9.17) is 0 Å². The van der Waals surface area contributed by atoms with Gasteiger partial charge in [0.15, 0.2) is 6.73 Å². The molecule has 0 fully saturated rings. The van der Waals surface area contributed by atoms with E-state index in [9.17, 15) is 14.4 Å². The highest BCUT2D eigenvalue weighted by atomic mass is 16.5. The van der Waals surface area contributed by atoms with Crippen molar-refractivity contribution in [2.45, 2.75) is 20.3 Å². The molecule has 0 aliphatic carbocycles. The Morgan fingerprint density at radius 1 is 1.19 bits per heavy atom. The first-order valence-electron chi connectivity index (χ1n) is 4.77. The molecule has 0 radical (unpaired) electrons. The molecular weight excluding hydrogens is 212 g/mol. The van der Waals surface area contributed by atoms with Crippen LogP contribution in [0.2, 0.25) is 0 Å². The van der Waals surface area contributed by atoms with Crippen molar-refractivity contribution in [2.24, 2.45) is 0 Å². The van der Waals surface area contributed by atoms with E-state index in [1.165, 1.54) is 13.8 Å². The van der Waals surface area contributed by atoms with Crippen LogP contribution in [0.3, 0.4) is 0 Å². The van der Waals surface area contributed by atoms with Crippen LogP contribution in [0, 0.1) is 0 Å². The molecule has 2 amide bonds. The standard InChI is InChI=1S/C10H16N2O4/c1-7(2)9(14)16-6-12-10(15)11-5-4-8(3)13/h1,4-6H2,2-3H3,(H2,11,12,15). The zero-order valence-electron chi connectivity index (χ0n) is 9.46. The van der Waals surface area contributed by atoms with E-state index in [0.29, 0.717) is 0 Å². The van der Waals surface area contributed by atoms with Crippen molar-refractivity contribution >= 4 is 17.8 Å². The maximum absolute atomic E-state index is 11.0. The summed E-state index contributed by atoms with van der Waals surface area (Å²) in [6.45, 7) is 6.36. The largest absolute Gasteiger partial charge is 0.441 e. The Balaban J connectivity index is 3.55. The molecule has 0 aromatic rings. The fraction of sp³-hybridized carbons (Fsp3) is 0.500. The van der Waals surface area contributed by atoms with Gasteiger partial charge in [-0.05, 0) is 13.8 Å². The van der Waals surface area contributed by atoms with E-state index >= 15 is 0 Å². The lowest BCUT2D eigenvalue weighted by molar-refractivity contribution is -0.139. The minimum atomic E-state index is -0.566. The van der Waals surface area contributed by atoms with Crippen LogP contribution in [0.4, 0.5) is 4.79 Å². The van der Waals surface area contributed by atoms with Crippen molar-refractivity contribution < 1.29 is 19.1 Å². The lowest BCUT2D eigenvalue weighted by Gasteiger charge is -2.07. The number of hydrogen-bond acceptors (Lipinski definition) is 4. The molecule has 16 heavy (non-hydrogen) atoms. The Kier molecular flexibility index (Phi) is 6.58. The average molecular weight is 228 g/mol. The summed E-state index contributed by atoms with van der Waals surface area (Å²) < 4.78 is 4.62. The number of Topliss-reactive ketones (excluding diaryl/α,β-unsaturated/α-hetero) is 1. The highest BCUT2D eigenvalue weighted by molar-refractivity contribution is 5.87. The minimum absolute atomic E-state index is 0.00555. The van der Waals surface area contributed by atoms with Gasteiger partial charge in [0.05, 0.1) is 0 Å². The molecule has 0 atom stereocenters. The van der Waals surface area contributed by atoms with E-state index in [-0.39, 0.29) is 31.1 Å². The summed E-state index contributed by atoms with van der Waals surface area (Å²) in [6.07, 6.45) is 0.277. The van der Waals surface area contributed by atoms with Gasteiger partial charge in [0.25, 0.3) is 0 Å². The molecule has 0 saturated carbocycles. The molecule has 0 aromatic heterocycles. The molecule has 0 aromatic carbocycles. The van der Waals surface area contributed by atoms with Gasteiger partial charge in [0.2, 0.25) is 0 Å². The third-order valence-corrected chi connectivity index (χ3v) is 1.55. The second kappa shape index (κ2) is 7.44. The van der Waals surface area contributed by atoms with Crippen molar-refractivity contribution in [1.29, 1.82) is 0 Å². The summed E-state index contributed by atoms with van der Waals surface area (Å²) in [5.41, 5.74) is 0.263. The summed E-state index contributed by atoms with van der Waals surface area (Å²) in [7, 11) is 0. The SMILES string of the molecule is C=C(C)C(=O)OCNC(=O)NCCC(C)=O. The van der Waals surface area contributed by atoms with Crippen LogP contribution in [-0.4, -0.2) is 31.1 Å². The molecule has 6 nitrogen and oxygen atoms in total. The van der Waals surface area contributed by atoms with Crippen LogP contribution in [-0.2, 0) is 14.3 Å². The summed E-state index contributed by atoms with van der Waals surface area (Å²) in [5.74, 6) is -0.571. The van der Waals surface area contributed by atoms with Crippen LogP contribution in [0.15, 0.2) is 12.2 Å². The van der Waals surface area contributed by atoms with Crippen LogP contribution in [0.5, 0.6) is 0 Å². The summed E-state index contributed by atoms with van der Waals surface area (Å²) in [5, 5.41) is 4.73. The van der Waals surface area contributed by atoms with Crippen molar-refractivity contribution in [3.8, 4) is 0 Å². The maximum atomic E-state index is 11.0. The number of urea groups is 1. The van der Waals surface area contributed by atoms with Gasteiger partial charge in [-0.1, -0.05) is 6.58 Å². The molecule has 0 heterocycles. The smallest absolute Gasteiger partial charge is 0.334 e. The Labute approximate surface area is 94.0 Å². The van der Waals surface area contributed by atoms with Gasteiger partial charge < -0.3 is 15.4 Å². The van der Waals surface area contributed by atoms with Gasteiger partial charge in [-0.25, -0.2) is 9.59 Å². The third-order valence-electron chi connectivity index (χ3n) is 1.55. The number of carbonyl (C=O) groups excluding carboxylic acids is 3. The van der Waals surface area contributed by atoms with Crippen molar-refractivity contribution in [3.63, 3.8) is 0 Å². The van der Waals surface area contributed by atoms with Gasteiger partial charge in [-0.3, -0.25) is 4.79 Å². The summed E-state index contributed by atoms with van der Waals surface area (Å²) in [6, 6.07) is -0.490. The van der Waals surface area contributed by atoms with Crippen molar-refractivity contribution in [3.05, 3.63) is 12.2 Å². The van der Waals surface area contributed by atoms with Crippen LogP contribution in [0.1, 0.15) is 20.3 Å². The quantitative estimate of drug-likeness (QED) is 0.390. The Morgan fingerprint density at radius 3 is 2.31 bits per heavy atom. The number of ether oxygens (including phenoxy) is 1. The number of amides is 2. The van der Waals surface area contributed by atoms with Gasteiger partial charge in [0.1, 0.15) is 5.78 Å². The minimum Gasteiger partial charge on any atom is -0.441 e. The first-order valence-corrected chi connectivity index (χ1v) is 4.77. The average Bonchev–Trinajstić information content (AvgIpc) is 2.16. The lowest BCUT2D eigenvalue weighted by atomic mass is 10.3. The molecular formula is C10H16N2O4. The van der Waals surface area contributed by atoms with Crippen LogP contribution in [0.25, 0.3) is 0 Å². The molecule has 0 unspecified atom stereocenters. The third kappa shape index (κ3) is 7.54. The number of nitrogens with one attached hydrogen (secondary N) is 2. The van der Waals surface area contributed by atoms with E-state index in [1.54, 1.807) is 0 Å². The van der Waals surface area contributed by atoms with E-state index < -0.39 is 12.0 Å². The van der Waals surface area contributed by atoms with Gasteiger partial charge in [-0.2, -0.15) is 0 Å². The zero-order valence-corrected chi connectivity index (χ0v) is 9.46. The Hall–Kier alpha value is -1.85. The van der Waals surface area contributed by atoms with Crippen molar-refractivity contribution in [1.82, 2.24) is 10.6 Å². The molecule has 0 bridgehead atoms. The summed E-state index contributed by atoms with van der Waals surface area (Å²) >= 11 is 0. The normalized spacial score (nSPS) is 9.12. The zero-order chi connectivity index (χ0) is 12.6. The molecule has 90 valence electrons. The van der Waals surface area contributed by atoms with E-state index in [2.05, 4.69) is 21.9 Å². The molecule has 0 aliphatic rings. The number of esters is 1. The Morgan fingerprint density at radius 2 is 1.81 bits per heavy atom. The predicted molar refractivity (Wildman–Crippen MR) is 57.6 cm³/mol. The highest BCUT2D eigenvalue weighted by Gasteiger charge is 2.04. The van der Waals surface area contributed by atoms with Gasteiger partial charge in [0, 0.05) is 18.5 Å². The van der Waals surface area contributed by atoms with Crippen LogP contribution < -0.4 is 10.6 Å². The number of carbonyl (C=O) groups is 3. The van der Waals surface area contributed by atoms with E-state index in [0.717, 1.165) is 0 Å². The van der Waals surface area contributed by atoms with Gasteiger partial charge >= 0.3 is 12.0 Å². The maximum Gasteiger partial charge on any atom is 0.334 e. The number of hydrogen-bond donors (Lipinski definition) is 2. The fourth-order valence-corrected chi connectivity index (χ4v) is 0.705. The van der Waals surface area contributed by atoms with Crippen molar-refractivity contribution in [2.75, 3.05) is 13.3 Å². The molecule has 6 heteroatoms. The second-order valence-electron chi connectivity index (χ2n) is 3.24. The molecule has 2 N–H and O–H groups in total. The molecule has 0 aliphatic heterocycles. The predicted octanol–water partition coefficient (Wildman–Crippen LogP) is 0.341. The fourth-order valence-electron chi connectivity index (χ4n) is 0.705. The molecule has 0 saturated heterocycles. The molecule has 0 spiro atoms. The molecule has 0 rings (SSSR count). The van der Waals surface area contributed by atoms with E-state index in [1.807, 2.05) is 0 Å². The van der Waals surface area contributed by atoms with Crippen LogP contribution >= 0.6 is 0 Å². The van der Waals surface area contributed by atoms with Gasteiger partial charge in [-0.15, -0.1) is 0 Å². The topological polar surface area (TPSA) is 84.5 Å². The first-order chi connectivity index (χ1) is 7.43. The monoisotopic (exact) mass is 228 g/mol. The number of rotatable bonds is 6. The summed E-state index contributed by atoms with van der Waals surface area (Å²) in [4.78, 5) is 32.5.